The summed E-state index contributed by atoms with van der Waals surface area (Å²) in [6, 6.07) is 16.4. The van der Waals surface area contributed by atoms with Gasteiger partial charge in [0.2, 0.25) is 5.82 Å². The third-order valence-electron chi connectivity index (χ3n) is 7.88. The van der Waals surface area contributed by atoms with Crippen LogP contribution in [0.2, 0.25) is 0 Å². The standard InChI is InChI=1S/C30H38F2N6/c1-21(2)12-17-27-28(29(31)32)38(19-22-8-4-3-5-9-22)20-37(27)18-23-13-15-24(16-14-23)25-10-6-7-11-26(25)30-33-35-36-34-30/h6-7,10-11,13-16,21-22,29H,3-5,8-9,12,17-20H2,1-2H3,(H,33,34,35,36). The summed E-state index contributed by atoms with van der Waals surface area (Å²) in [4.78, 5) is 4.18. The number of aromatic nitrogens is 4. The van der Waals surface area contributed by atoms with Crippen LogP contribution in [-0.2, 0) is 6.54 Å². The van der Waals surface area contributed by atoms with E-state index in [1.165, 1.54) is 19.3 Å². The Kier molecular flexibility index (Phi) is 8.35. The van der Waals surface area contributed by atoms with E-state index in [0.29, 0.717) is 37.3 Å². The Hall–Kier alpha value is -3.29. The molecule has 1 saturated carbocycles. The lowest BCUT2D eigenvalue weighted by Crippen LogP contribution is -2.33. The number of rotatable bonds is 10. The summed E-state index contributed by atoms with van der Waals surface area (Å²) in [6.45, 7) is 6.23. The lowest BCUT2D eigenvalue weighted by atomic mass is 9.89. The number of nitrogens with zero attached hydrogens (tertiary/aromatic N) is 5. The van der Waals surface area contributed by atoms with Crippen LogP contribution >= 0.6 is 0 Å². The number of halogens is 2. The number of hydrogen-bond donors (Lipinski definition) is 1. The van der Waals surface area contributed by atoms with Crippen molar-refractivity contribution in [3.05, 3.63) is 65.5 Å². The minimum atomic E-state index is -2.45. The monoisotopic (exact) mass is 520 g/mol. The van der Waals surface area contributed by atoms with Gasteiger partial charge in [-0.25, -0.2) is 8.78 Å². The first-order valence-electron chi connectivity index (χ1n) is 13.9. The van der Waals surface area contributed by atoms with E-state index in [0.717, 1.165) is 53.8 Å². The van der Waals surface area contributed by atoms with Gasteiger partial charge in [0.05, 0.1) is 6.67 Å². The highest BCUT2D eigenvalue weighted by Gasteiger charge is 2.35. The van der Waals surface area contributed by atoms with Crippen molar-refractivity contribution in [2.45, 2.75) is 71.8 Å². The molecule has 8 heteroatoms. The molecule has 0 bridgehead atoms. The zero-order valence-corrected chi connectivity index (χ0v) is 22.4. The highest BCUT2D eigenvalue weighted by atomic mass is 19.3. The zero-order valence-electron chi connectivity index (χ0n) is 22.4. The van der Waals surface area contributed by atoms with Crippen LogP contribution in [0.3, 0.4) is 0 Å². The largest absolute Gasteiger partial charge is 0.351 e. The van der Waals surface area contributed by atoms with Crippen LogP contribution in [0.1, 0.15) is 64.4 Å². The summed E-state index contributed by atoms with van der Waals surface area (Å²) in [6.07, 6.45) is 5.17. The van der Waals surface area contributed by atoms with E-state index in [-0.39, 0.29) is 5.70 Å². The van der Waals surface area contributed by atoms with Crippen molar-refractivity contribution < 1.29 is 8.78 Å². The van der Waals surface area contributed by atoms with Gasteiger partial charge in [-0.15, -0.1) is 10.2 Å². The van der Waals surface area contributed by atoms with Crippen LogP contribution in [0.25, 0.3) is 22.5 Å². The normalized spacial score (nSPS) is 16.9. The fraction of sp³-hybridized carbons (Fsp3) is 0.500. The molecule has 0 amide bonds. The van der Waals surface area contributed by atoms with Gasteiger partial charge in [-0.2, -0.15) is 5.21 Å². The van der Waals surface area contributed by atoms with E-state index < -0.39 is 6.43 Å². The number of hydrogen-bond acceptors (Lipinski definition) is 5. The molecule has 38 heavy (non-hydrogen) atoms. The number of tetrazole rings is 1. The van der Waals surface area contributed by atoms with Gasteiger partial charge in [0.1, 0.15) is 5.70 Å². The van der Waals surface area contributed by atoms with E-state index in [1.54, 1.807) is 0 Å². The SMILES string of the molecule is CC(C)CCC1=C(C(F)F)N(CC2CCCCC2)CN1Cc1ccc(-c2ccccc2-c2nn[nH]n2)cc1. The first kappa shape index (κ1) is 26.3. The molecule has 1 fully saturated rings. The van der Waals surface area contributed by atoms with Crippen molar-refractivity contribution in [1.82, 2.24) is 30.4 Å². The minimum Gasteiger partial charge on any atom is -0.351 e. The van der Waals surface area contributed by atoms with Gasteiger partial charge in [-0.05, 0) is 59.4 Å². The maximum atomic E-state index is 14.5. The average molecular weight is 521 g/mol. The smallest absolute Gasteiger partial charge is 0.279 e. The maximum absolute atomic E-state index is 14.5. The predicted octanol–water partition coefficient (Wildman–Crippen LogP) is 7.10. The van der Waals surface area contributed by atoms with E-state index >= 15 is 0 Å². The van der Waals surface area contributed by atoms with Crippen LogP contribution in [-0.4, -0.2) is 50.1 Å². The predicted molar refractivity (Wildman–Crippen MR) is 146 cm³/mol. The van der Waals surface area contributed by atoms with Gasteiger partial charge in [-0.1, -0.05) is 81.6 Å². The molecule has 1 N–H and O–H groups in total. The first-order valence-corrected chi connectivity index (χ1v) is 13.9. The van der Waals surface area contributed by atoms with Crippen LogP contribution in [0.5, 0.6) is 0 Å². The molecular weight excluding hydrogens is 482 g/mol. The molecule has 2 aliphatic rings. The van der Waals surface area contributed by atoms with Gasteiger partial charge in [0, 0.05) is 24.4 Å². The number of aromatic amines is 1. The van der Waals surface area contributed by atoms with Crippen molar-refractivity contribution in [3.63, 3.8) is 0 Å². The first-order chi connectivity index (χ1) is 18.5. The molecule has 6 nitrogen and oxygen atoms in total. The highest BCUT2D eigenvalue weighted by molar-refractivity contribution is 5.80. The molecule has 0 spiro atoms. The molecular formula is C30H38F2N6. The Morgan fingerprint density at radius 3 is 2.34 bits per heavy atom. The van der Waals surface area contributed by atoms with Crippen molar-refractivity contribution in [1.29, 1.82) is 0 Å². The van der Waals surface area contributed by atoms with Crippen LogP contribution in [0, 0.1) is 11.8 Å². The number of nitrogens with one attached hydrogen (secondary N) is 1. The average Bonchev–Trinajstić information content (AvgIpc) is 3.57. The highest BCUT2D eigenvalue weighted by Crippen LogP contribution is 2.36. The second-order valence-electron chi connectivity index (χ2n) is 11.1. The van der Waals surface area contributed by atoms with E-state index in [2.05, 4.69) is 63.6 Å². The third kappa shape index (κ3) is 6.05. The topological polar surface area (TPSA) is 60.9 Å². The minimum absolute atomic E-state index is 0.266. The van der Waals surface area contributed by atoms with E-state index in [9.17, 15) is 8.78 Å². The molecule has 202 valence electrons. The Morgan fingerprint density at radius 1 is 0.947 bits per heavy atom. The van der Waals surface area contributed by atoms with Gasteiger partial charge in [-0.3, -0.25) is 0 Å². The number of alkyl halides is 2. The number of allylic oxidation sites excluding steroid dienone is 2. The second-order valence-corrected chi connectivity index (χ2v) is 11.1. The molecule has 0 saturated heterocycles. The summed E-state index contributed by atoms with van der Waals surface area (Å²) in [5.41, 5.74) is 5.20. The molecule has 0 unspecified atom stereocenters. The number of benzene rings is 2. The van der Waals surface area contributed by atoms with Gasteiger partial charge in [0.25, 0.3) is 6.43 Å². The fourth-order valence-electron chi connectivity index (χ4n) is 5.89. The summed E-state index contributed by atoms with van der Waals surface area (Å²) in [5, 5.41) is 14.5. The molecule has 0 radical (unpaired) electrons. The molecule has 5 rings (SSSR count). The van der Waals surface area contributed by atoms with E-state index in [1.807, 2.05) is 29.2 Å². The van der Waals surface area contributed by atoms with Crippen molar-refractivity contribution in [2.75, 3.05) is 13.2 Å². The molecule has 1 aliphatic carbocycles. The van der Waals surface area contributed by atoms with E-state index in [4.69, 9.17) is 0 Å². The molecule has 0 atom stereocenters. The summed E-state index contributed by atoms with van der Waals surface area (Å²) in [7, 11) is 0. The van der Waals surface area contributed by atoms with Crippen LogP contribution < -0.4 is 0 Å². The second kappa shape index (κ2) is 12.0. The Balaban J connectivity index is 1.36. The third-order valence-corrected chi connectivity index (χ3v) is 7.88. The van der Waals surface area contributed by atoms with Crippen molar-refractivity contribution in [3.8, 4) is 22.5 Å². The zero-order chi connectivity index (χ0) is 26.5. The molecule has 1 aromatic heterocycles. The van der Waals surface area contributed by atoms with Gasteiger partial charge < -0.3 is 9.80 Å². The summed E-state index contributed by atoms with van der Waals surface area (Å²) >= 11 is 0. The summed E-state index contributed by atoms with van der Waals surface area (Å²) < 4.78 is 29.0. The van der Waals surface area contributed by atoms with Crippen LogP contribution in [0.15, 0.2) is 59.9 Å². The quantitative estimate of drug-likeness (QED) is 0.309. The Labute approximate surface area is 224 Å². The maximum Gasteiger partial charge on any atom is 0.279 e. The Morgan fingerprint density at radius 2 is 1.68 bits per heavy atom. The van der Waals surface area contributed by atoms with Crippen molar-refractivity contribution in [2.24, 2.45) is 11.8 Å². The lowest BCUT2D eigenvalue weighted by Gasteiger charge is -2.30. The Bertz CT molecular complexity index is 1200. The molecule has 2 aromatic carbocycles. The fourth-order valence-corrected chi connectivity index (χ4v) is 5.89. The molecule has 1 aliphatic heterocycles. The summed E-state index contributed by atoms with van der Waals surface area (Å²) in [5.74, 6) is 1.54. The number of H-pyrrole nitrogens is 1. The van der Waals surface area contributed by atoms with Crippen molar-refractivity contribution >= 4 is 0 Å². The van der Waals surface area contributed by atoms with Crippen LogP contribution in [0.4, 0.5) is 8.78 Å². The molecule has 2 heterocycles. The van der Waals surface area contributed by atoms with Gasteiger partial charge in [0.15, 0.2) is 0 Å². The lowest BCUT2D eigenvalue weighted by molar-refractivity contribution is 0.123. The van der Waals surface area contributed by atoms with Gasteiger partial charge >= 0.3 is 0 Å². The molecule has 3 aromatic rings.